The van der Waals surface area contributed by atoms with Gasteiger partial charge in [-0.2, -0.15) is 0 Å². The molecule has 224 valence electrons. The molecule has 0 aliphatic heterocycles. The Labute approximate surface area is 239 Å². The van der Waals surface area contributed by atoms with Gasteiger partial charge in [-0.15, -0.1) is 0 Å². The van der Waals surface area contributed by atoms with E-state index in [2.05, 4.69) is 66.7 Å². The van der Waals surface area contributed by atoms with Gasteiger partial charge in [-0.3, -0.25) is 0 Å². The summed E-state index contributed by atoms with van der Waals surface area (Å²) in [7, 11) is 0. The number of aliphatic hydroxyl groups is 1. The summed E-state index contributed by atoms with van der Waals surface area (Å²) < 4.78 is 6.47. The van der Waals surface area contributed by atoms with Gasteiger partial charge in [-0.1, -0.05) is 123 Å². The summed E-state index contributed by atoms with van der Waals surface area (Å²) in [5.41, 5.74) is 4.46. The summed E-state index contributed by atoms with van der Waals surface area (Å²) >= 11 is 0. The van der Waals surface area contributed by atoms with E-state index in [1.165, 1.54) is 95.5 Å². The number of allylic oxidation sites excluding steroid dienone is 4. The van der Waals surface area contributed by atoms with Crippen molar-refractivity contribution in [3.63, 3.8) is 0 Å². The molecule has 0 bridgehead atoms. The summed E-state index contributed by atoms with van der Waals surface area (Å²) in [4.78, 5) is 0. The molecule has 1 aliphatic rings. The topological polar surface area (TPSA) is 29.5 Å². The van der Waals surface area contributed by atoms with Gasteiger partial charge in [0, 0.05) is 6.61 Å². The van der Waals surface area contributed by atoms with Gasteiger partial charge in [0.1, 0.15) is 0 Å². The van der Waals surface area contributed by atoms with Gasteiger partial charge < -0.3 is 9.84 Å². The molecule has 0 heterocycles. The number of hydrogen-bond acceptors (Lipinski definition) is 2. The fourth-order valence-corrected chi connectivity index (χ4v) is 5.56. The van der Waals surface area contributed by atoms with Gasteiger partial charge in [0.2, 0.25) is 0 Å². The molecule has 1 aliphatic carbocycles. The van der Waals surface area contributed by atoms with E-state index in [4.69, 9.17) is 4.74 Å². The van der Waals surface area contributed by atoms with Gasteiger partial charge in [-0.05, 0) is 88.5 Å². The summed E-state index contributed by atoms with van der Waals surface area (Å²) in [6.07, 6.45) is 26.9. The van der Waals surface area contributed by atoms with Crippen LogP contribution in [-0.4, -0.2) is 23.9 Å². The highest BCUT2D eigenvalue weighted by Crippen LogP contribution is 2.35. The third kappa shape index (κ3) is 16.3. The fourth-order valence-electron chi connectivity index (χ4n) is 5.56. The average molecular weight is 533 g/mol. The maximum absolute atomic E-state index is 10.6. The predicted molar refractivity (Wildman–Crippen MR) is 171 cm³/mol. The Morgan fingerprint density at radius 1 is 0.842 bits per heavy atom. The van der Waals surface area contributed by atoms with Crippen LogP contribution in [0, 0.1) is 17.8 Å². The van der Waals surface area contributed by atoms with Crippen LogP contribution >= 0.6 is 0 Å². The van der Waals surface area contributed by atoms with Crippen molar-refractivity contribution in [3.05, 3.63) is 34.9 Å². The van der Waals surface area contributed by atoms with Crippen LogP contribution in [0.4, 0.5) is 0 Å². The SMILES string of the molecule is C.CCCC/C=C(\C)CC/C=C(\C)CCCC(C)CCC1=CC(O)C(C)C(C)C1OCCCCCCCC. The van der Waals surface area contributed by atoms with E-state index in [1.807, 2.05) is 0 Å². The third-order valence-electron chi connectivity index (χ3n) is 8.67. The molecule has 0 aromatic rings. The van der Waals surface area contributed by atoms with Crippen LogP contribution < -0.4 is 0 Å². The average Bonchev–Trinajstić information content (AvgIpc) is 2.87. The van der Waals surface area contributed by atoms with E-state index in [1.54, 1.807) is 11.1 Å². The predicted octanol–water partition coefficient (Wildman–Crippen LogP) is 11.4. The van der Waals surface area contributed by atoms with Crippen LogP contribution in [-0.2, 0) is 4.74 Å². The molecule has 0 aromatic heterocycles. The van der Waals surface area contributed by atoms with E-state index >= 15 is 0 Å². The van der Waals surface area contributed by atoms with Crippen molar-refractivity contribution in [1.82, 2.24) is 0 Å². The van der Waals surface area contributed by atoms with Crippen molar-refractivity contribution >= 4 is 0 Å². The highest BCUT2D eigenvalue weighted by atomic mass is 16.5. The van der Waals surface area contributed by atoms with Crippen LogP contribution in [0.25, 0.3) is 0 Å². The van der Waals surface area contributed by atoms with Crippen LogP contribution in [0.5, 0.6) is 0 Å². The Morgan fingerprint density at radius 2 is 1.47 bits per heavy atom. The zero-order valence-corrected chi connectivity index (χ0v) is 26.0. The molecule has 0 amide bonds. The zero-order valence-electron chi connectivity index (χ0n) is 26.0. The van der Waals surface area contributed by atoms with Gasteiger partial charge in [0.15, 0.2) is 0 Å². The van der Waals surface area contributed by atoms with Crippen molar-refractivity contribution < 1.29 is 9.84 Å². The Bertz CT molecular complexity index is 658. The molecule has 0 saturated carbocycles. The first-order valence-corrected chi connectivity index (χ1v) is 16.1. The minimum atomic E-state index is -0.327. The molecule has 0 spiro atoms. The number of aliphatic hydroxyl groups excluding tert-OH is 1. The lowest BCUT2D eigenvalue weighted by Crippen LogP contribution is -2.39. The van der Waals surface area contributed by atoms with E-state index < -0.39 is 0 Å². The fraction of sp³-hybridized carbons (Fsp3) is 0.833. The summed E-state index contributed by atoms with van der Waals surface area (Å²) in [6, 6.07) is 0. The second kappa shape index (κ2) is 22.9. The van der Waals surface area contributed by atoms with Gasteiger partial charge in [0.25, 0.3) is 0 Å². The lowest BCUT2D eigenvalue weighted by Gasteiger charge is -2.38. The monoisotopic (exact) mass is 533 g/mol. The van der Waals surface area contributed by atoms with Crippen LogP contribution in [0.1, 0.15) is 159 Å². The quantitative estimate of drug-likeness (QED) is 0.118. The number of rotatable bonds is 21. The molecule has 2 heteroatoms. The van der Waals surface area contributed by atoms with Crippen LogP contribution in [0.15, 0.2) is 34.9 Å². The summed E-state index contributed by atoms with van der Waals surface area (Å²) in [6.45, 7) is 16.8. The zero-order chi connectivity index (χ0) is 27.5. The normalized spacial score (nSPS) is 23.2. The molecule has 5 atom stereocenters. The summed E-state index contributed by atoms with van der Waals surface area (Å²) in [5, 5.41) is 10.6. The minimum absolute atomic E-state index is 0. The molecule has 0 saturated heterocycles. The smallest absolute Gasteiger partial charge is 0.0815 e. The molecule has 0 radical (unpaired) electrons. The van der Waals surface area contributed by atoms with E-state index in [-0.39, 0.29) is 25.6 Å². The van der Waals surface area contributed by atoms with E-state index in [0.717, 1.165) is 19.4 Å². The van der Waals surface area contributed by atoms with Crippen LogP contribution in [0.3, 0.4) is 0 Å². The molecular formula is C36H68O2. The molecule has 2 nitrogen and oxygen atoms in total. The van der Waals surface area contributed by atoms with Gasteiger partial charge in [0.05, 0.1) is 12.2 Å². The van der Waals surface area contributed by atoms with Gasteiger partial charge >= 0.3 is 0 Å². The number of hydrogen-bond donors (Lipinski definition) is 1. The minimum Gasteiger partial charge on any atom is -0.389 e. The van der Waals surface area contributed by atoms with E-state index in [9.17, 15) is 5.11 Å². The Kier molecular flexibility index (Phi) is 22.4. The maximum Gasteiger partial charge on any atom is 0.0815 e. The van der Waals surface area contributed by atoms with Crippen molar-refractivity contribution in [2.45, 2.75) is 171 Å². The molecule has 5 unspecified atom stereocenters. The number of ether oxygens (including phenoxy) is 1. The number of unbranched alkanes of at least 4 members (excludes halogenated alkanes) is 7. The van der Waals surface area contributed by atoms with Gasteiger partial charge in [-0.25, -0.2) is 0 Å². The van der Waals surface area contributed by atoms with Crippen molar-refractivity contribution in [3.8, 4) is 0 Å². The standard InChI is InChI=1S/C35H64O2.CH4/c1-8-10-12-13-14-16-26-37-35-32(7)31(6)34(36)27-33(35)25-24-30(5)23-18-22-29(4)21-17-20-28(3)19-15-11-9-2;/h19,21,27,30-32,34-36H,8-18,20,22-26H2,1-7H3;1H4/b28-19+,29-21+;. The van der Waals surface area contributed by atoms with Crippen molar-refractivity contribution in [2.24, 2.45) is 17.8 Å². The first kappa shape index (κ1) is 37.1. The second-order valence-electron chi connectivity index (χ2n) is 12.3. The highest BCUT2D eigenvalue weighted by Gasteiger charge is 2.34. The largest absolute Gasteiger partial charge is 0.389 e. The molecular weight excluding hydrogens is 464 g/mol. The highest BCUT2D eigenvalue weighted by molar-refractivity contribution is 5.18. The first-order chi connectivity index (χ1) is 17.8. The first-order valence-electron chi connectivity index (χ1n) is 16.1. The maximum atomic E-state index is 10.6. The Morgan fingerprint density at radius 3 is 2.18 bits per heavy atom. The molecule has 1 N–H and O–H groups in total. The summed E-state index contributed by atoms with van der Waals surface area (Å²) in [5.74, 6) is 1.35. The second-order valence-corrected chi connectivity index (χ2v) is 12.3. The Hall–Kier alpha value is -0.860. The van der Waals surface area contributed by atoms with E-state index in [0.29, 0.717) is 11.8 Å². The molecule has 0 fully saturated rings. The lowest BCUT2D eigenvalue weighted by atomic mass is 9.76. The Balaban J connectivity index is 0.0000137. The molecule has 0 aromatic carbocycles. The van der Waals surface area contributed by atoms with Crippen molar-refractivity contribution in [1.29, 1.82) is 0 Å². The molecule has 1 rings (SSSR count). The molecule has 38 heavy (non-hydrogen) atoms. The van der Waals surface area contributed by atoms with Crippen molar-refractivity contribution in [2.75, 3.05) is 6.61 Å². The third-order valence-corrected chi connectivity index (χ3v) is 8.67. The van der Waals surface area contributed by atoms with Crippen LogP contribution in [0.2, 0.25) is 0 Å². The lowest BCUT2D eigenvalue weighted by molar-refractivity contribution is -0.0127.